The molecule has 1 spiro atoms. The van der Waals surface area contributed by atoms with Crippen molar-refractivity contribution < 1.29 is 0 Å². The zero-order valence-electron chi connectivity index (χ0n) is 28.0. The molecule has 0 amide bonds. The number of hydrogen-bond acceptors (Lipinski definition) is 4. The number of thiophene rings is 1. The molecule has 0 saturated carbocycles. The van der Waals surface area contributed by atoms with E-state index in [0.29, 0.717) is 0 Å². The number of pyridine rings is 1. The second-order valence-corrected chi connectivity index (χ2v) is 15.6. The lowest BCUT2D eigenvalue weighted by Gasteiger charge is -2.43. The van der Waals surface area contributed by atoms with E-state index in [-0.39, 0.29) is 0 Å². The van der Waals surface area contributed by atoms with Gasteiger partial charge in [-0.3, -0.25) is 4.98 Å². The zero-order valence-corrected chi connectivity index (χ0v) is 29.7. The summed E-state index contributed by atoms with van der Waals surface area (Å²) in [5.74, 6) is 0. The molecule has 0 unspecified atom stereocenters. The molecule has 11 rings (SSSR count). The standard InChI is InChI=1S/C48H30N2S2/c1-2-15-31(16-3-1)50(42-29-35-34-19-6-10-25-43(34)51-46(35)30-36(42)40-23-12-13-28-49-40)41-24-14-27-45-47(41)48(39-22-9-11-26-44(39)52-45)37-20-7-4-17-32(37)33-18-5-8-21-38(33)48/h1-30H. The van der Waals surface area contributed by atoms with Gasteiger partial charge in [0.1, 0.15) is 0 Å². The van der Waals surface area contributed by atoms with Crippen molar-refractivity contribution in [2.45, 2.75) is 15.2 Å². The quantitative estimate of drug-likeness (QED) is 0.182. The minimum Gasteiger partial charge on any atom is -0.309 e. The normalized spacial score (nSPS) is 13.5. The van der Waals surface area contributed by atoms with Gasteiger partial charge < -0.3 is 4.90 Å². The van der Waals surface area contributed by atoms with Gasteiger partial charge in [0.15, 0.2) is 0 Å². The van der Waals surface area contributed by atoms with Gasteiger partial charge in [-0.2, -0.15) is 0 Å². The average Bonchev–Trinajstić information content (AvgIpc) is 3.72. The summed E-state index contributed by atoms with van der Waals surface area (Å²) in [6.07, 6.45) is 1.90. The van der Waals surface area contributed by atoms with Crippen LogP contribution in [0.2, 0.25) is 0 Å². The fourth-order valence-electron chi connectivity index (χ4n) is 8.74. The molecule has 0 saturated heterocycles. The Morgan fingerprint density at radius 3 is 1.92 bits per heavy atom. The largest absolute Gasteiger partial charge is 0.309 e. The summed E-state index contributed by atoms with van der Waals surface area (Å²) in [4.78, 5) is 10.0. The van der Waals surface area contributed by atoms with Gasteiger partial charge >= 0.3 is 0 Å². The van der Waals surface area contributed by atoms with E-state index in [2.05, 4.69) is 175 Å². The van der Waals surface area contributed by atoms with E-state index in [4.69, 9.17) is 4.98 Å². The molecule has 0 fully saturated rings. The van der Waals surface area contributed by atoms with Crippen LogP contribution in [0, 0.1) is 0 Å². The van der Waals surface area contributed by atoms with Crippen LogP contribution in [0.15, 0.2) is 192 Å². The Labute approximate surface area is 310 Å². The number of hydrogen-bond donors (Lipinski definition) is 0. The smallest absolute Gasteiger partial charge is 0.0756 e. The fourth-order valence-corrected chi connectivity index (χ4v) is 11.1. The monoisotopic (exact) mass is 698 g/mol. The molecule has 0 radical (unpaired) electrons. The number of fused-ring (bicyclic) bond motifs is 12. The van der Waals surface area contributed by atoms with Crippen molar-refractivity contribution in [2.75, 3.05) is 4.90 Å². The van der Waals surface area contributed by atoms with Crippen LogP contribution in [0.4, 0.5) is 17.1 Å². The van der Waals surface area contributed by atoms with Crippen molar-refractivity contribution in [1.82, 2.24) is 4.98 Å². The first-order chi connectivity index (χ1) is 25.8. The molecule has 3 heterocycles. The van der Waals surface area contributed by atoms with Crippen molar-refractivity contribution in [3.63, 3.8) is 0 Å². The topological polar surface area (TPSA) is 16.1 Å². The van der Waals surface area contributed by atoms with Gasteiger partial charge in [0, 0.05) is 53.0 Å². The summed E-state index contributed by atoms with van der Waals surface area (Å²) in [7, 11) is 0. The Hall–Kier alpha value is -5.94. The minimum absolute atomic E-state index is 0.529. The Balaban J connectivity index is 1.30. The van der Waals surface area contributed by atoms with Crippen molar-refractivity contribution in [2.24, 2.45) is 0 Å². The highest BCUT2D eigenvalue weighted by Crippen LogP contribution is 2.64. The van der Waals surface area contributed by atoms with Crippen molar-refractivity contribution in [3.05, 3.63) is 204 Å². The maximum absolute atomic E-state index is 4.96. The molecule has 2 aliphatic rings. The molecular weight excluding hydrogens is 669 g/mol. The number of anilines is 3. The lowest BCUT2D eigenvalue weighted by Crippen LogP contribution is -2.34. The van der Waals surface area contributed by atoms with Crippen LogP contribution in [0.25, 0.3) is 42.6 Å². The first kappa shape index (κ1) is 29.8. The van der Waals surface area contributed by atoms with E-state index in [1.807, 2.05) is 35.4 Å². The zero-order chi connectivity index (χ0) is 34.2. The van der Waals surface area contributed by atoms with Crippen molar-refractivity contribution in [1.29, 1.82) is 0 Å². The molecule has 0 N–H and O–H groups in total. The minimum atomic E-state index is -0.529. The average molecular weight is 699 g/mol. The van der Waals surface area contributed by atoms with Gasteiger partial charge in [-0.1, -0.05) is 127 Å². The molecule has 0 atom stereocenters. The third kappa shape index (κ3) is 4.16. The van der Waals surface area contributed by atoms with E-state index in [0.717, 1.165) is 28.3 Å². The molecule has 2 aromatic heterocycles. The summed E-state index contributed by atoms with van der Waals surface area (Å²) in [6.45, 7) is 0. The first-order valence-electron chi connectivity index (χ1n) is 17.6. The molecule has 244 valence electrons. The second-order valence-electron chi connectivity index (χ2n) is 13.4. The van der Waals surface area contributed by atoms with Crippen LogP contribution < -0.4 is 4.90 Å². The Kier molecular flexibility index (Phi) is 6.60. The van der Waals surface area contributed by atoms with E-state index >= 15 is 0 Å². The Bertz CT molecular complexity index is 2790. The third-order valence-corrected chi connectivity index (χ3v) is 13.0. The predicted octanol–water partition coefficient (Wildman–Crippen LogP) is 13.4. The van der Waals surface area contributed by atoms with E-state index in [9.17, 15) is 0 Å². The van der Waals surface area contributed by atoms with Crippen LogP contribution in [-0.4, -0.2) is 4.98 Å². The Morgan fingerprint density at radius 1 is 0.462 bits per heavy atom. The van der Waals surface area contributed by atoms with Gasteiger partial charge in [0.2, 0.25) is 0 Å². The van der Waals surface area contributed by atoms with Crippen molar-refractivity contribution >= 4 is 60.3 Å². The number of para-hydroxylation sites is 1. The Morgan fingerprint density at radius 2 is 1.13 bits per heavy atom. The molecule has 1 aliphatic carbocycles. The molecule has 1 aliphatic heterocycles. The van der Waals surface area contributed by atoms with Crippen LogP contribution in [0.5, 0.6) is 0 Å². The predicted molar refractivity (Wildman–Crippen MR) is 219 cm³/mol. The number of aromatic nitrogens is 1. The van der Waals surface area contributed by atoms with Gasteiger partial charge in [0.05, 0.1) is 22.5 Å². The maximum Gasteiger partial charge on any atom is 0.0756 e. The van der Waals surface area contributed by atoms with Crippen LogP contribution in [0.3, 0.4) is 0 Å². The molecule has 9 aromatic rings. The summed E-state index contributed by atoms with van der Waals surface area (Å²) in [5.41, 5.74) is 12.8. The third-order valence-electron chi connectivity index (χ3n) is 10.8. The molecular formula is C48H30N2S2. The summed E-state index contributed by atoms with van der Waals surface area (Å²) >= 11 is 3.73. The van der Waals surface area contributed by atoms with Crippen molar-refractivity contribution in [3.8, 4) is 22.4 Å². The van der Waals surface area contributed by atoms with Gasteiger partial charge in [0.25, 0.3) is 0 Å². The SMILES string of the molecule is c1ccc(N(c2cc3c(cc2-c2ccccn2)sc2ccccc23)c2cccc3c2C2(c4ccccc4S3)c3ccccc3-c3ccccc32)cc1. The van der Waals surface area contributed by atoms with Gasteiger partial charge in [-0.15, -0.1) is 11.3 Å². The molecule has 2 nitrogen and oxygen atoms in total. The first-order valence-corrected chi connectivity index (χ1v) is 19.3. The highest BCUT2D eigenvalue weighted by Gasteiger charge is 2.51. The molecule has 52 heavy (non-hydrogen) atoms. The maximum atomic E-state index is 4.96. The van der Waals surface area contributed by atoms with Crippen LogP contribution in [0.1, 0.15) is 22.3 Å². The van der Waals surface area contributed by atoms with E-state index in [1.54, 1.807) is 0 Å². The molecule has 0 bridgehead atoms. The summed E-state index contributed by atoms with van der Waals surface area (Å²) in [6, 6.07) is 64.7. The van der Waals surface area contributed by atoms with Crippen LogP contribution in [-0.2, 0) is 5.41 Å². The van der Waals surface area contributed by atoms with Gasteiger partial charge in [-0.25, -0.2) is 0 Å². The number of rotatable bonds is 4. The van der Waals surface area contributed by atoms with Crippen LogP contribution >= 0.6 is 23.1 Å². The molecule has 4 heteroatoms. The number of benzene rings is 7. The van der Waals surface area contributed by atoms with E-state index in [1.165, 1.54) is 63.3 Å². The highest BCUT2D eigenvalue weighted by atomic mass is 32.2. The summed E-state index contributed by atoms with van der Waals surface area (Å²) in [5, 5.41) is 2.53. The lowest BCUT2D eigenvalue weighted by molar-refractivity contribution is 0.722. The van der Waals surface area contributed by atoms with Gasteiger partial charge in [-0.05, 0) is 88.5 Å². The second kappa shape index (κ2) is 11.5. The lowest BCUT2D eigenvalue weighted by atomic mass is 9.66. The highest BCUT2D eigenvalue weighted by molar-refractivity contribution is 7.99. The summed E-state index contributed by atoms with van der Waals surface area (Å²) < 4.78 is 2.55. The number of nitrogens with zero attached hydrogens (tertiary/aromatic N) is 2. The fraction of sp³-hybridized carbons (Fsp3) is 0.0208. The van der Waals surface area contributed by atoms with E-state index < -0.39 is 5.41 Å². The molecule has 7 aromatic carbocycles.